The van der Waals surface area contributed by atoms with Gasteiger partial charge in [-0.2, -0.15) is 0 Å². The molecule has 0 aliphatic rings. The maximum Gasteiger partial charge on any atom is 0.347 e. The number of esters is 2. The van der Waals surface area contributed by atoms with Gasteiger partial charge in [-0.15, -0.1) is 0 Å². The van der Waals surface area contributed by atoms with E-state index in [0.29, 0.717) is 25.1 Å². The van der Waals surface area contributed by atoms with Crippen LogP contribution in [0.2, 0.25) is 0 Å². The quantitative estimate of drug-likeness (QED) is 0.0291. The Hall–Kier alpha value is -4.22. The van der Waals surface area contributed by atoms with Gasteiger partial charge in [0, 0.05) is 31.3 Å². The van der Waals surface area contributed by atoms with Gasteiger partial charge in [0.15, 0.2) is 6.17 Å². The number of benzene rings is 2. The molecule has 0 bridgehead atoms. The Bertz CT molecular complexity index is 1550. The number of rotatable bonds is 21. The summed E-state index contributed by atoms with van der Waals surface area (Å²) >= 11 is 0. The highest BCUT2D eigenvalue weighted by Gasteiger charge is 2.32. The number of unbranched alkanes of at least 4 members (excludes halogenated alkanes) is 9. The summed E-state index contributed by atoms with van der Waals surface area (Å²) in [5, 5.41) is 12.0. The molecule has 0 fully saturated rings. The van der Waals surface area contributed by atoms with Crippen molar-refractivity contribution in [2.45, 2.75) is 104 Å². The first kappa shape index (κ1) is 43.9. The number of nitro benzene ring substituents is 1. The third kappa shape index (κ3) is 14.4. The van der Waals surface area contributed by atoms with Crippen LogP contribution >= 0.6 is 0 Å². The lowest BCUT2D eigenvalue weighted by Crippen LogP contribution is -2.24. The third-order valence-corrected chi connectivity index (χ3v) is 8.09. The molecule has 0 amide bonds. The molecule has 1 heterocycles. The van der Waals surface area contributed by atoms with Crippen LogP contribution in [0.25, 0.3) is 11.3 Å². The molecule has 3 aromatic rings. The molecule has 0 unspecified atom stereocenters. The van der Waals surface area contributed by atoms with Crippen LogP contribution in [0.1, 0.15) is 107 Å². The van der Waals surface area contributed by atoms with E-state index in [1.165, 1.54) is 69.2 Å². The molecule has 1 aromatic heterocycles. The summed E-state index contributed by atoms with van der Waals surface area (Å²) < 4.78 is 35.4. The Labute approximate surface area is 313 Å². The summed E-state index contributed by atoms with van der Waals surface area (Å²) in [7, 11) is 5.08. The first-order chi connectivity index (χ1) is 25.0. The number of anilines is 1. The lowest BCUT2D eigenvalue weighted by atomic mass is 10.0. The molecule has 0 N–H and O–H groups in total. The summed E-state index contributed by atoms with van der Waals surface area (Å²) in [6.07, 6.45) is 13.1. The Balaban J connectivity index is 0.00000301. The first-order valence-electron chi connectivity index (χ1n) is 18.0. The van der Waals surface area contributed by atoms with Crippen molar-refractivity contribution in [1.82, 2.24) is 9.97 Å². The van der Waals surface area contributed by atoms with Gasteiger partial charge >= 0.3 is 17.6 Å². The number of nitrogens with zero attached hydrogens (tertiary/aromatic N) is 4. The zero-order chi connectivity index (χ0) is 38.5. The van der Waals surface area contributed by atoms with Crippen LogP contribution in [-0.4, -0.2) is 74.7 Å². The minimum atomic E-state index is -1.94. The number of aromatic nitrogens is 2. The second-order valence-electron chi connectivity index (χ2n) is 12.7. The molecule has 286 valence electrons. The summed E-state index contributed by atoms with van der Waals surface area (Å²) in [6, 6.07) is 8.44. The molecule has 0 saturated heterocycles. The third-order valence-electron chi connectivity index (χ3n) is 8.09. The van der Waals surface area contributed by atoms with Crippen molar-refractivity contribution in [2.75, 3.05) is 25.6 Å². The van der Waals surface area contributed by atoms with Gasteiger partial charge in [0.2, 0.25) is 11.6 Å². The van der Waals surface area contributed by atoms with Crippen LogP contribution in [0.3, 0.4) is 0 Å². The Morgan fingerprint density at radius 1 is 0.904 bits per heavy atom. The molecule has 2 aromatic carbocycles. The van der Waals surface area contributed by atoms with Crippen molar-refractivity contribution in [3.05, 3.63) is 64.0 Å². The second-order valence-corrected chi connectivity index (χ2v) is 15.9. The van der Waals surface area contributed by atoms with Gasteiger partial charge in [-0.25, -0.2) is 23.9 Å². The van der Waals surface area contributed by atoms with E-state index < -0.39 is 34.5 Å². The number of carbonyl (C=O) groups excluding carboxylic acids is 2. The van der Waals surface area contributed by atoms with E-state index in [0.717, 1.165) is 51.2 Å². The predicted octanol–water partition coefficient (Wildman–Crippen LogP) is 6.55. The van der Waals surface area contributed by atoms with E-state index in [2.05, 4.69) is 21.0 Å². The molecule has 0 spiro atoms. The zero-order valence-corrected chi connectivity index (χ0v) is 35.7. The minimum Gasteiger partial charge on any atom is -0.494 e. The fraction of sp³-hybridized carbons (Fsp3) is 0.514. The van der Waals surface area contributed by atoms with E-state index >= 15 is 0 Å². The number of ether oxygens (including phenoxy) is 3. The first-order valence-corrected chi connectivity index (χ1v) is 19.6. The smallest absolute Gasteiger partial charge is 0.347 e. The molecule has 0 saturated carbocycles. The van der Waals surface area contributed by atoms with Gasteiger partial charge < -0.3 is 23.2 Å². The molecule has 3 rings (SSSR count). The molecule has 0 aliphatic carbocycles. The Kier molecular flexibility index (Phi) is 20.4. The maximum atomic E-state index is 14.4. The lowest BCUT2D eigenvalue weighted by Gasteiger charge is -2.21. The van der Waals surface area contributed by atoms with Gasteiger partial charge in [0.25, 0.3) is 0 Å². The summed E-state index contributed by atoms with van der Waals surface area (Å²) in [5.41, 5.74) is 0.796. The van der Waals surface area contributed by atoms with Crippen molar-refractivity contribution in [1.29, 1.82) is 0 Å². The normalized spacial score (nSPS) is 11.3. The SMILES string of the molecule is CCCCCCCCCCCOc1ccc(-c2cnc(OC(=O)c3cc([N+](=O)[O-])c(OC(=O)[C@H](F)CCCC)c(C)c3N(C)C)cn2)cc1.[SiH3]O[SiH3]. The molecule has 12 nitrogen and oxygen atoms in total. The van der Waals surface area contributed by atoms with Gasteiger partial charge in [-0.1, -0.05) is 78.1 Å². The number of hydrogen-bond donors (Lipinski definition) is 0. The average Bonchev–Trinajstić information content (AvgIpc) is 3.12. The summed E-state index contributed by atoms with van der Waals surface area (Å²) in [5.74, 6) is -1.95. The van der Waals surface area contributed by atoms with E-state index in [1.807, 2.05) is 31.2 Å². The predicted molar refractivity (Wildman–Crippen MR) is 208 cm³/mol. The standard InChI is InChI=1S/C37H49FN4O7.H6OSi2/c1-6-8-10-11-12-13-14-15-16-22-47-28-20-18-27(19-21-28)31-24-40-33(25-39-31)48-36(43)29-23-32(42(45)46)35(26(3)34(29)41(4)5)49-37(44)30(38)17-9-7-2;2-1-3/h18-21,23-25,30H,6-17,22H2,1-5H3;2-3H3/t30-;/m1./s1. The van der Waals surface area contributed by atoms with Crippen molar-refractivity contribution >= 4 is 44.3 Å². The molecule has 1 atom stereocenters. The van der Waals surface area contributed by atoms with Gasteiger partial charge in [0.05, 0.1) is 40.9 Å². The molecule has 52 heavy (non-hydrogen) atoms. The second kappa shape index (κ2) is 24.1. The Morgan fingerprint density at radius 2 is 1.50 bits per heavy atom. The monoisotopic (exact) mass is 758 g/mol. The van der Waals surface area contributed by atoms with E-state index in [1.54, 1.807) is 14.1 Å². The van der Waals surface area contributed by atoms with E-state index in [-0.39, 0.29) is 29.1 Å². The molecule has 0 radical (unpaired) electrons. The fourth-order valence-corrected chi connectivity index (χ4v) is 5.43. The summed E-state index contributed by atoms with van der Waals surface area (Å²) in [4.78, 5) is 47.0. The number of carbonyl (C=O) groups is 2. The van der Waals surface area contributed by atoms with Crippen LogP contribution in [-0.2, 0) is 8.91 Å². The van der Waals surface area contributed by atoms with Crippen LogP contribution < -0.4 is 19.1 Å². The molecule has 0 aliphatic heterocycles. The topological polar surface area (TPSA) is 143 Å². The number of nitro groups is 1. The number of alkyl halides is 1. The van der Waals surface area contributed by atoms with E-state index in [9.17, 15) is 24.1 Å². The van der Waals surface area contributed by atoms with Crippen LogP contribution in [0.4, 0.5) is 15.8 Å². The number of hydrogen-bond acceptors (Lipinski definition) is 11. The fourth-order valence-electron chi connectivity index (χ4n) is 5.43. The number of halogens is 1. The van der Waals surface area contributed by atoms with Crippen molar-refractivity contribution < 1.29 is 37.2 Å². The summed E-state index contributed by atoms with van der Waals surface area (Å²) in [6.45, 7) is 6.19. The van der Waals surface area contributed by atoms with Crippen molar-refractivity contribution in [3.8, 4) is 28.6 Å². The van der Waals surface area contributed by atoms with Gasteiger partial charge in [-0.05, 0) is 44.0 Å². The average molecular weight is 759 g/mol. The zero-order valence-electron chi connectivity index (χ0n) is 31.7. The van der Waals surface area contributed by atoms with Crippen LogP contribution in [0.5, 0.6) is 17.4 Å². The van der Waals surface area contributed by atoms with Crippen molar-refractivity contribution in [3.63, 3.8) is 0 Å². The maximum absolute atomic E-state index is 14.4. The highest BCUT2D eigenvalue weighted by molar-refractivity contribution is 6.15. The minimum absolute atomic E-state index is 0.0634. The van der Waals surface area contributed by atoms with E-state index in [4.69, 9.17) is 14.2 Å². The van der Waals surface area contributed by atoms with Gasteiger partial charge in [-0.3, -0.25) is 10.1 Å². The highest BCUT2D eigenvalue weighted by Crippen LogP contribution is 2.40. The van der Waals surface area contributed by atoms with Crippen molar-refractivity contribution in [2.24, 2.45) is 0 Å². The molecular formula is C37H55FN4O8Si2. The van der Waals surface area contributed by atoms with Crippen LogP contribution in [0, 0.1) is 17.0 Å². The largest absolute Gasteiger partial charge is 0.494 e. The Morgan fingerprint density at radius 3 is 2.04 bits per heavy atom. The van der Waals surface area contributed by atoms with Gasteiger partial charge in [0.1, 0.15) is 26.7 Å². The van der Waals surface area contributed by atoms with Crippen LogP contribution in [0.15, 0.2) is 42.7 Å². The highest BCUT2D eigenvalue weighted by atomic mass is 28.3. The lowest BCUT2D eigenvalue weighted by molar-refractivity contribution is -0.385. The molecule has 15 heteroatoms. The molecular weight excluding hydrogens is 704 g/mol.